The Labute approximate surface area is 131 Å². The van der Waals surface area contributed by atoms with Gasteiger partial charge in [-0.1, -0.05) is 30.3 Å². The number of piperidine rings is 1. The van der Waals surface area contributed by atoms with Crippen LogP contribution in [0, 0.1) is 0 Å². The zero-order valence-corrected chi connectivity index (χ0v) is 13.5. The van der Waals surface area contributed by atoms with Crippen LogP contribution in [-0.2, 0) is 16.4 Å². The van der Waals surface area contributed by atoms with Crippen LogP contribution >= 0.6 is 0 Å². The SMILES string of the molecule is CS(=O)(=O)N1CCC(c2cc(Cc3ccccc3)[nH]n2)CC1. The number of sulfonamides is 1. The summed E-state index contributed by atoms with van der Waals surface area (Å²) < 4.78 is 24.6. The Bertz CT molecular complexity index is 717. The molecule has 22 heavy (non-hydrogen) atoms. The number of aromatic amines is 1. The molecule has 0 amide bonds. The Morgan fingerprint density at radius 3 is 2.55 bits per heavy atom. The maximum atomic E-state index is 11.5. The third-order valence-electron chi connectivity index (χ3n) is 4.23. The fourth-order valence-corrected chi connectivity index (χ4v) is 3.85. The topological polar surface area (TPSA) is 66.1 Å². The van der Waals surface area contributed by atoms with E-state index in [2.05, 4.69) is 28.4 Å². The molecule has 1 aliphatic heterocycles. The van der Waals surface area contributed by atoms with Crippen molar-refractivity contribution in [3.05, 3.63) is 53.3 Å². The molecule has 0 aliphatic carbocycles. The quantitative estimate of drug-likeness (QED) is 0.939. The van der Waals surface area contributed by atoms with Crippen LogP contribution in [0.25, 0.3) is 0 Å². The Morgan fingerprint density at radius 2 is 1.91 bits per heavy atom. The highest BCUT2D eigenvalue weighted by molar-refractivity contribution is 7.88. The van der Waals surface area contributed by atoms with Crippen LogP contribution < -0.4 is 0 Å². The summed E-state index contributed by atoms with van der Waals surface area (Å²) in [5.74, 6) is 0.346. The highest BCUT2D eigenvalue weighted by Gasteiger charge is 2.27. The zero-order chi connectivity index (χ0) is 15.6. The Kier molecular flexibility index (Phi) is 4.31. The molecule has 3 rings (SSSR count). The van der Waals surface area contributed by atoms with E-state index in [1.165, 1.54) is 11.8 Å². The molecule has 0 bridgehead atoms. The fraction of sp³-hybridized carbons (Fsp3) is 0.438. The molecule has 118 valence electrons. The van der Waals surface area contributed by atoms with Crippen molar-refractivity contribution in [3.8, 4) is 0 Å². The Hall–Kier alpha value is -1.66. The summed E-state index contributed by atoms with van der Waals surface area (Å²) in [6.45, 7) is 1.18. The molecule has 1 saturated heterocycles. The first-order valence-corrected chi connectivity index (χ1v) is 9.40. The van der Waals surface area contributed by atoms with Crippen LogP contribution in [-0.4, -0.2) is 42.3 Å². The van der Waals surface area contributed by atoms with Crippen LogP contribution in [0.2, 0.25) is 0 Å². The molecular weight excluding hydrogens is 298 g/mol. The lowest BCUT2D eigenvalue weighted by molar-refractivity contribution is 0.318. The number of benzene rings is 1. The van der Waals surface area contributed by atoms with E-state index in [1.807, 2.05) is 18.2 Å². The van der Waals surface area contributed by atoms with Crippen molar-refractivity contribution in [2.24, 2.45) is 0 Å². The fourth-order valence-electron chi connectivity index (χ4n) is 2.98. The second-order valence-electron chi connectivity index (χ2n) is 5.92. The summed E-state index contributed by atoms with van der Waals surface area (Å²) in [7, 11) is -3.06. The molecular formula is C16H21N3O2S. The molecule has 1 fully saturated rings. The minimum Gasteiger partial charge on any atom is -0.282 e. The van der Waals surface area contributed by atoms with Gasteiger partial charge in [0.15, 0.2) is 0 Å². The van der Waals surface area contributed by atoms with Gasteiger partial charge < -0.3 is 0 Å². The summed E-state index contributed by atoms with van der Waals surface area (Å²) in [4.78, 5) is 0. The predicted molar refractivity (Wildman–Crippen MR) is 86.2 cm³/mol. The van der Waals surface area contributed by atoms with Gasteiger partial charge in [0.2, 0.25) is 10.0 Å². The molecule has 2 heterocycles. The van der Waals surface area contributed by atoms with E-state index in [0.717, 1.165) is 30.7 Å². The molecule has 6 heteroatoms. The molecule has 0 radical (unpaired) electrons. The van der Waals surface area contributed by atoms with Gasteiger partial charge in [-0.3, -0.25) is 5.10 Å². The minimum atomic E-state index is -3.06. The lowest BCUT2D eigenvalue weighted by atomic mass is 9.94. The van der Waals surface area contributed by atoms with Gasteiger partial charge >= 0.3 is 0 Å². The summed E-state index contributed by atoms with van der Waals surface area (Å²) in [5, 5.41) is 7.54. The highest BCUT2D eigenvalue weighted by atomic mass is 32.2. The Balaban J connectivity index is 1.63. The standard InChI is InChI=1S/C16H21N3O2S/c1-22(20,21)19-9-7-14(8-10-19)16-12-15(17-18-16)11-13-5-3-2-4-6-13/h2-6,12,14H,7-11H2,1H3,(H,17,18). The molecule has 0 saturated carbocycles. The van der Waals surface area contributed by atoms with Gasteiger partial charge in [-0.2, -0.15) is 5.10 Å². The lowest BCUT2D eigenvalue weighted by Gasteiger charge is -2.29. The number of H-pyrrole nitrogens is 1. The number of rotatable bonds is 4. The predicted octanol–water partition coefficient (Wildman–Crippen LogP) is 2.14. The molecule has 0 spiro atoms. The molecule has 5 nitrogen and oxygen atoms in total. The van der Waals surface area contributed by atoms with E-state index >= 15 is 0 Å². The lowest BCUT2D eigenvalue weighted by Crippen LogP contribution is -2.37. The summed E-state index contributed by atoms with van der Waals surface area (Å²) in [6.07, 6.45) is 3.79. The number of nitrogens with one attached hydrogen (secondary N) is 1. The molecule has 0 unspecified atom stereocenters. The van der Waals surface area contributed by atoms with Crippen LogP contribution in [0.5, 0.6) is 0 Å². The third kappa shape index (κ3) is 3.56. The average molecular weight is 319 g/mol. The van der Waals surface area contributed by atoms with Gasteiger partial charge in [0, 0.05) is 31.1 Å². The van der Waals surface area contributed by atoms with E-state index in [0.29, 0.717) is 19.0 Å². The van der Waals surface area contributed by atoms with Crippen molar-refractivity contribution in [2.45, 2.75) is 25.2 Å². The molecule has 1 aromatic carbocycles. The smallest absolute Gasteiger partial charge is 0.211 e. The van der Waals surface area contributed by atoms with Gasteiger partial charge in [-0.05, 0) is 24.5 Å². The minimum absolute atomic E-state index is 0.346. The van der Waals surface area contributed by atoms with Gasteiger partial charge in [-0.15, -0.1) is 0 Å². The van der Waals surface area contributed by atoms with Gasteiger partial charge in [0.1, 0.15) is 0 Å². The van der Waals surface area contributed by atoms with Gasteiger partial charge in [-0.25, -0.2) is 12.7 Å². The molecule has 0 atom stereocenters. The molecule has 1 aromatic heterocycles. The normalized spacial score (nSPS) is 17.7. The maximum Gasteiger partial charge on any atom is 0.211 e. The van der Waals surface area contributed by atoms with Crippen LogP contribution in [0.15, 0.2) is 36.4 Å². The zero-order valence-electron chi connectivity index (χ0n) is 12.7. The van der Waals surface area contributed by atoms with Crippen LogP contribution in [0.4, 0.5) is 0 Å². The molecule has 1 N–H and O–H groups in total. The number of hydrogen-bond acceptors (Lipinski definition) is 3. The van der Waals surface area contributed by atoms with Crippen LogP contribution in [0.3, 0.4) is 0 Å². The average Bonchev–Trinajstić information content (AvgIpc) is 2.96. The largest absolute Gasteiger partial charge is 0.282 e. The third-order valence-corrected chi connectivity index (χ3v) is 5.53. The van der Waals surface area contributed by atoms with Gasteiger partial charge in [0.25, 0.3) is 0 Å². The number of hydrogen-bond donors (Lipinski definition) is 1. The van der Waals surface area contributed by atoms with E-state index < -0.39 is 10.0 Å². The monoisotopic (exact) mass is 319 g/mol. The molecule has 1 aliphatic rings. The van der Waals surface area contributed by atoms with Crippen molar-refractivity contribution in [2.75, 3.05) is 19.3 Å². The first kappa shape index (κ1) is 15.2. The van der Waals surface area contributed by atoms with Crippen molar-refractivity contribution in [3.63, 3.8) is 0 Å². The first-order chi connectivity index (χ1) is 10.5. The van der Waals surface area contributed by atoms with E-state index in [1.54, 1.807) is 4.31 Å². The number of aromatic nitrogens is 2. The number of nitrogens with zero attached hydrogens (tertiary/aromatic N) is 2. The second-order valence-corrected chi connectivity index (χ2v) is 7.90. The summed E-state index contributed by atoms with van der Waals surface area (Å²) in [5.41, 5.74) is 3.41. The van der Waals surface area contributed by atoms with Crippen molar-refractivity contribution in [1.29, 1.82) is 0 Å². The van der Waals surface area contributed by atoms with E-state index in [4.69, 9.17) is 0 Å². The van der Waals surface area contributed by atoms with Crippen molar-refractivity contribution in [1.82, 2.24) is 14.5 Å². The first-order valence-electron chi connectivity index (χ1n) is 7.55. The van der Waals surface area contributed by atoms with E-state index in [-0.39, 0.29) is 0 Å². The highest BCUT2D eigenvalue weighted by Crippen LogP contribution is 2.28. The second kappa shape index (κ2) is 6.22. The summed E-state index contributed by atoms with van der Waals surface area (Å²) in [6, 6.07) is 12.4. The van der Waals surface area contributed by atoms with Gasteiger partial charge in [0.05, 0.1) is 11.9 Å². The molecule has 2 aromatic rings. The maximum absolute atomic E-state index is 11.5. The Morgan fingerprint density at radius 1 is 1.23 bits per heavy atom. The van der Waals surface area contributed by atoms with Crippen molar-refractivity contribution >= 4 is 10.0 Å². The summed E-state index contributed by atoms with van der Waals surface area (Å²) >= 11 is 0. The van der Waals surface area contributed by atoms with Crippen LogP contribution in [0.1, 0.15) is 35.7 Å². The van der Waals surface area contributed by atoms with E-state index in [9.17, 15) is 8.42 Å². The van der Waals surface area contributed by atoms with Crippen molar-refractivity contribution < 1.29 is 8.42 Å².